The molecule has 1 aromatic carbocycles. The first-order valence-corrected chi connectivity index (χ1v) is 4.80. The average Bonchev–Trinajstić information content (AvgIpc) is 2.50. The minimum absolute atomic E-state index is 0.389. The van der Waals surface area contributed by atoms with Crippen LogP contribution in [0, 0.1) is 0 Å². The van der Waals surface area contributed by atoms with E-state index in [1.807, 2.05) is 0 Å². The minimum Gasteiger partial charge on any atom is -0.468 e. The number of amides is 1. The third-order valence-corrected chi connectivity index (χ3v) is 2.88. The van der Waals surface area contributed by atoms with Gasteiger partial charge in [-0.05, 0) is 19.1 Å². The van der Waals surface area contributed by atoms with Crippen LogP contribution in [0.1, 0.15) is 12.5 Å². The summed E-state index contributed by atoms with van der Waals surface area (Å²) >= 11 is 0. The van der Waals surface area contributed by atoms with Crippen LogP contribution in [0.4, 0.5) is 11.4 Å². The quantitative estimate of drug-likeness (QED) is 0.413. The number of hydrogen-bond acceptors (Lipinski definition) is 4. The molecule has 0 bridgehead atoms. The van der Waals surface area contributed by atoms with Gasteiger partial charge in [-0.3, -0.25) is 9.59 Å². The van der Waals surface area contributed by atoms with Gasteiger partial charge in [-0.15, -0.1) is 0 Å². The molecule has 1 aromatic rings. The summed E-state index contributed by atoms with van der Waals surface area (Å²) in [5, 5.41) is 2.62. The number of nitrogens with two attached hydrogens (primary N) is 1. The maximum absolute atomic E-state index is 11.8. The lowest BCUT2D eigenvalue weighted by molar-refractivity contribution is -0.150. The van der Waals surface area contributed by atoms with Gasteiger partial charge in [0.1, 0.15) is 0 Å². The molecule has 84 valence electrons. The summed E-state index contributed by atoms with van der Waals surface area (Å²) < 4.78 is 4.66. The monoisotopic (exact) mass is 220 g/mol. The van der Waals surface area contributed by atoms with Gasteiger partial charge in [-0.1, -0.05) is 6.07 Å². The first kappa shape index (κ1) is 10.5. The number of hydrogen-bond donors (Lipinski definition) is 2. The number of benzene rings is 1. The number of nitrogen functional groups attached to an aromatic ring is 1. The number of anilines is 2. The van der Waals surface area contributed by atoms with Crippen molar-refractivity contribution in [1.82, 2.24) is 0 Å². The van der Waals surface area contributed by atoms with Gasteiger partial charge in [-0.25, -0.2) is 0 Å². The second-order valence-electron chi connectivity index (χ2n) is 3.88. The van der Waals surface area contributed by atoms with Crippen molar-refractivity contribution in [3.63, 3.8) is 0 Å². The molecular formula is C11H12N2O3. The number of nitrogens with one attached hydrogen (secondary N) is 1. The standard InChI is InChI=1S/C11H12N2O3/c1-11(10(15)16-2)7-4-3-6(12)5-8(7)13-9(11)14/h3-5H,12H2,1-2H3,(H,13,14)/t11-/m1/s1. The number of rotatable bonds is 1. The van der Waals surface area contributed by atoms with Crippen molar-refractivity contribution in [2.24, 2.45) is 0 Å². The molecule has 3 N–H and O–H groups in total. The summed E-state index contributed by atoms with van der Waals surface area (Å²) in [5.74, 6) is -0.964. The Morgan fingerprint density at radius 2 is 2.19 bits per heavy atom. The van der Waals surface area contributed by atoms with Crippen molar-refractivity contribution < 1.29 is 14.3 Å². The van der Waals surface area contributed by atoms with Gasteiger partial charge in [0.15, 0.2) is 5.41 Å². The van der Waals surface area contributed by atoms with E-state index in [1.54, 1.807) is 18.2 Å². The van der Waals surface area contributed by atoms with Crippen molar-refractivity contribution in [2.45, 2.75) is 12.3 Å². The number of ether oxygens (including phenoxy) is 1. The molecule has 0 fully saturated rings. The maximum atomic E-state index is 11.8. The van der Waals surface area contributed by atoms with Crippen molar-refractivity contribution in [3.05, 3.63) is 23.8 Å². The molecular weight excluding hydrogens is 208 g/mol. The van der Waals surface area contributed by atoms with E-state index in [-0.39, 0.29) is 5.91 Å². The van der Waals surface area contributed by atoms with Gasteiger partial charge in [0.25, 0.3) is 0 Å². The van der Waals surface area contributed by atoms with Crippen LogP contribution in [-0.2, 0) is 19.7 Å². The lowest BCUT2D eigenvalue weighted by Gasteiger charge is -2.18. The fraction of sp³-hybridized carbons (Fsp3) is 0.273. The van der Waals surface area contributed by atoms with E-state index in [4.69, 9.17) is 5.73 Å². The smallest absolute Gasteiger partial charge is 0.325 e. The molecule has 0 saturated carbocycles. The number of carbonyl (C=O) groups excluding carboxylic acids is 2. The molecule has 2 rings (SSSR count). The van der Waals surface area contributed by atoms with E-state index in [2.05, 4.69) is 10.1 Å². The highest BCUT2D eigenvalue weighted by Crippen LogP contribution is 2.39. The highest BCUT2D eigenvalue weighted by molar-refractivity contribution is 6.19. The molecule has 1 atom stereocenters. The van der Waals surface area contributed by atoms with Crippen molar-refractivity contribution in [3.8, 4) is 0 Å². The fourth-order valence-electron chi connectivity index (χ4n) is 1.88. The molecule has 0 aliphatic carbocycles. The first-order chi connectivity index (χ1) is 7.50. The zero-order valence-corrected chi connectivity index (χ0v) is 9.03. The highest BCUT2D eigenvalue weighted by atomic mass is 16.5. The van der Waals surface area contributed by atoms with Crippen LogP contribution < -0.4 is 11.1 Å². The average molecular weight is 220 g/mol. The minimum atomic E-state index is -1.28. The number of methoxy groups -OCH3 is 1. The van der Waals surface area contributed by atoms with E-state index >= 15 is 0 Å². The highest BCUT2D eigenvalue weighted by Gasteiger charge is 2.50. The second kappa shape index (κ2) is 3.23. The van der Waals surface area contributed by atoms with E-state index in [0.717, 1.165) is 0 Å². The molecule has 1 heterocycles. The largest absolute Gasteiger partial charge is 0.468 e. The molecule has 0 aromatic heterocycles. The van der Waals surface area contributed by atoms with E-state index in [0.29, 0.717) is 16.9 Å². The molecule has 0 radical (unpaired) electrons. The van der Waals surface area contributed by atoms with E-state index < -0.39 is 11.4 Å². The number of esters is 1. The molecule has 5 heteroatoms. The van der Waals surface area contributed by atoms with Crippen LogP contribution in [0.3, 0.4) is 0 Å². The molecule has 0 unspecified atom stereocenters. The zero-order valence-electron chi connectivity index (χ0n) is 9.03. The summed E-state index contributed by atoms with van der Waals surface area (Å²) in [7, 11) is 1.26. The van der Waals surface area contributed by atoms with Crippen LogP contribution in [0.2, 0.25) is 0 Å². The molecule has 0 saturated heterocycles. The van der Waals surface area contributed by atoms with Gasteiger partial charge in [-0.2, -0.15) is 0 Å². The molecule has 1 aliphatic heterocycles. The molecule has 0 spiro atoms. The second-order valence-corrected chi connectivity index (χ2v) is 3.88. The Morgan fingerprint density at radius 3 is 2.81 bits per heavy atom. The number of carbonyl (C=O) groups is 2. The summed E-state index contributed by atoms with van der Waals surface area (Å²) in [6, 6.07) is 4.95. The Balaban J connectivity index is 2.60. The summed E-state index contributed by atoms with van der Waals surface area (Å²) in [5.41, 5.74) is 6.02. The van der Waals surface area contributed by atoms with Crippen LogP contribution in [0.15, 0.2) is 18.2 Å². The predicted molar refractivity (Wildman–Crippen MR) is 58.9 cm³/mol. The van der Waals surface area contributed by atoms with Gasteiger partial charge in [0.05, 0.1) is 7.11 Å². The zero-order chi connectivity index (χ0) is 11.9. The first-order valence-electron chi connectivity index (χ1n) is 4.80. The molecule has 5 nitrogen and oxygen atoms in total. The van der Waals surface area contributed by atoms with Gasteiger partial charge >= 0.3 is 5.97 Å². The Morgan fingerprint density at radius 1 is 1.50 bits per heavy atom. The fourth-order valence-corrected chi connectivity index (χ4v) is 1.88. The van der Waals surface area contributed by atoms with Gasteiger partial charge in [0.2, 0.25) is 5.91 Å². The third-order valence-electron chi connectivity index (χ3n) is 2.88. The van der Waals surface area contributed by atoms with Crippen LogP contribution in [0.5, 0.6) is 0 Å². The van der Waals surface area contributed by atoms with E-state index in [9.17, 15) is 9.59 Å². The molecule has 1 amide bonds. The van der Waals surface area contributed by atoms with Crippen LogP contribution >= 0.6 is 0 Å². The maximum Gasteiger partial charge on any atom is 0.325 e. The normalized spacial score (nSPS) is 22.5. The Hall–Kier alpha value is -2.04. The third kappa shape index (κ3) is 1.18. The van der Waals surface area contributed by atoms with Crippen molar-refractivity contribution in [1.29, 1.82) is 0 Å². The topological polar surface area (TPSA) is 81.4 Å². The van der Waals surface area contributed by atoms with Gasteiger partial charge < -0.3 is 15.8 Å². The van der Waals surface area contributed by atoms with Crippen LogP contribution in [0.25, 0.3) is 0 Å². The van der Waals surface area contributed by atoms with Crippen molar-refractivity contribution >= 4 is 23.3 Å². The lowest BCUT2D eigenvalue weighted by Crippen LogP contribution is -2.40. The Bertz CT molecular complexity index is 484. The molecule has 1 aliphatic rings. The van der Waals surface area contributed by atoms with Gasteiger partial charge in [0, 0.05) is 16.9 Å². The van der Waals surface area contributed by atoms with E-state index in [1.165, 1.54) is 14.0 Å². The van der Waals surface area contributed by atoms with Crippen LogP contribution in [-0.4, -0.2) is 19.0 Å². The summed E-state index contributed by atoms with van der Waals surface area (Å²) in [6.07, 6.45) is 0. The molecule has 16 heavy (non-hydrogen) atoms. The summed E-state index contributed by atoms with van der Waals surface area (Å²) in [4.78, 5) is 23.5. The predicted octanol–water partition coefficient (Wildman–Crippen LogP) is 0.652. The van der Waals surface area contributed by atoms with Crippen molar-refractivity contribution in [2.75, 3.05) is 18.2 Å². The SMILES string of the molecule is COC(=O)[C@@]1(C)C(=O)Nc2cc(N)ccc21. The Labute approximate surface area is 92.6 Å². The Kier molecular flexibility index (Phi) is 2.11. The lowest BCUT2D eigenvalue weighted by atomic mass is 9.84. The summed E-state index contributed by atoms with van der Waals surface area (Å²) in [6.45, 7) is 1.54. The number of fused-ring (bicyclic) bond motifs is 1.